The number of aromatic nitrogens is 8. The molecule has 8 heteroatoms. The first-order chi connectivity index (χ1) is 14.9. The lowest BCUT2D eigenvalue weighted by Crippen LogP contribution is -1.80. The van der Waals surface area contributed by atoms with E-state index in [2.05, 4.69) is 39.9 Å². The average molecular weight is 392 g/mol. The van der Waals surface area contributed by atoms with E-state index in [4.69, 9.17) is 0 Å². The van der Waals surface area contributed by atoms with Crippen LogP contribution in [0, 0.1) is 0 Å². The Morgan fingerprint density at radius 1 is 0.400 bits per heavy atom. The van der Waals surface area contributed by atoms with E-state index in [-0.39, 0.29) is 0 Å². The van der Waals surface area contributed by atoms with Crippen molar-refractivity contribution in [2.45, 2.75) is 0 Å². The molecule has 8 nitrogen and oxygen atoms in total. The zero-order valence-corrected chi connectivity index (χ0v) is 15.8. The van der Waals surface area contributed by atoms with Crippen molar-refractivity contribution < 1.29 is 0 Å². The molecule has 0 fully saturated rings. The highest BCUT2D eigenvalue weighted by Crippen LogP contribution is 2.06. The second kappa shape index (κ2) is 9.65. The first-order valence-electron chi connectivity index (χ1n) is 9.04. The smallest absolute Gasteiger partial charge is 0.116 e. The van der Waals surface area contributed by atoms with E-state index >= 15 is 0 Å². The van der Waals surface area contributed by atoms with E-state index in [1.54, 1.807) is 43.5 Å². The molecule has 0 radical (unpaired) electrons. The molecule has 0 N–H and O–H groups in total. The van der Waals surface area contributed by atoms with E-state index in [9.17, 15) is 0 Å². The number of nitrogens with zero attached hydrogens (tertiary/aromatic N) is 8. The quantitative estimate of drug-likeness (QED) is 0.386. The summed E-state index contributed by atoms with van der Waals surface area (Å²) in [5, 5.41) is 3.09. The van der Waals surface area contributed by atoms with Crippen molar-refractivity contribution in [1.29, 1.82) is 0 Å². The molecule has 0 unspecified atom stereocenters. The topological polar surface area (TPSA) is 103 Å². The van der Waals surface area contributed by atoms with Crippen molar-refractivity contribution in [3.63, 3.8) is 0 Å². The van der Waals surface area contributed by atoms with Crippen molar-refractivity contribution >= 4 is 32.7 Å². The predicted octanol–water partition coefficient (Wildman–Crippen LogP) is 3.68. The summed E-state index contributed by atoms with van der Waals surface area (Å²) in [6.45, 7) is 0. The van der Waals surface area contributed by atoms with Crippen LogP contribution in [0.15, 0.2) is 98.8 Å². The fraction of sp³-hybridized carbons (Fsp3) is 0. The highest BCUT2D eigenvalue weighted by atomic mass is 14.8. The van der Waals surface area contributed by atoms with Gasteiger partial charge < -0.3 is 0 Å². The van der Waals surface area contributed by atoms with Gasteiger partial charge in [0.05, 0.1) is 22.7 Å². The summed E-state index contributed by atoms with van der Waals surface area (Å²) in [5.74, 6) is 0. The van der Waals surface area contributed by atoms with Crippen molar-refractivity contribution in [2.24, 2.45) is 0 Å². The van der Waals surface area contributed by atoms with Gasteiger partial charge >= 0.3 is 0 Å². The number of hydrogen-bond acceptors (Lipinski definition) is 8. The van der Waals surface area contributed by atoms with Gasteiger partial charge in [0.15, 0.2) is 0 Å². The Kier molecular flexibility index (Phi) is 6.07. The zero-order chi connectivity index (χ0) is 20.4. The highest BCUT2D eigenvalue weighted by molar-refractivity contribution is 5.77. The van der Waals surface area contributed by atoms with Crippen molar-refractivity contribution in [3.8, 4) is 0 Å². The Labute approximate surface area is 171 Å². The molecule has 0 aliphatic heterocycles. The standard InChI is InChI=1S/C8H6N2.2C7H5N3/c1-2-4-8-7(3-1)5-9-6-10-8;1-2-8-3-6-4-9-5-10-7(1)6;1-2-8-4-7-6(1)3-9-5-10-7/h1-6H;2*1-5H. The van der Waals surface area contributed by atoms with Crippen LogP contribution in [0.2, 0.25) is 0 Å². The number of pyridine rings is 2. The van der Waals surface area contributed by atoms with Gasteiger partial charge in [0.25, 0.3) is 0 Å². The summed E-state index contributed by atoms with van der Waals surface area (Å²) >= 11 is 0. The zero-order valence-electron chi connectivity index (χ0n) is 15.8. The first kappa shape index (κ1) is 18.9. The summed E-state index contributed by atoms with van der Waals surface area (Å²) in [5.41, 5.74) is 2.82. The van der Waals surface area contributed by atoms with E-state index < -0.39 is 0 Å². The van der Waals surface area contributed by atoms with Crippen molar-refractivity contribution in [2.75, 3.05) is 0 Å². The van der Waals surface area contributed by atoms with Gasteiger partial charge in [-0.1, -0.05) is 18.2 Å². The summed E-state index contributed by atoms with van der Waals surface area (Å²) in [4.78, 5) is 31.6. The SMILES string of the molecule is c1cc2cncnc2cn1.c1cc2ncncc2cn1.c1ccc2ncncc2c1. The monoisotopic (exact) mass is 392 g/mol. The van der Waals surface area contributed by atoms with E-state index in [0.717, 1.165) is 32.7 Å². The van der Waals surface area contributed by atoms with E-state index in [0.29, 0.717) is 0 Å². The molecule has 0 bridgehead atoms. The molecule has 144 valence electrons. The Morgan fingerprint density at radius 3 is 1.63 bits per heavy atom. The molecular weight excluding hydrogens is 376 g/mol. The Hall–Kier alpha value is -4.46. The summed E-state index contributed by atoms with van der Waals surface area (Å²) < 4.78 is 0. The molecule has 6 aromatic rings. The maximum absolute atomic E-state index is 4.07. The summed E-state index contributed by atoms with van der Waals surface area (Å²) in [6, 6.07) is 11.7. The lowest BCUT2D eigenvalue weighted by atomic mass is 10.2. The number of rotatable bonds is 0. The van der Waals surface area contributed by atoms with Crippen molar-refractivity contribution in [1.82, 2.24) is 39.9 Å². The molecule has 0 saturated heterocycles. The third-order valence-electron chi connectivity index (χ3n) is 4.03. The molecule has 0 saturated carbocycles. The molecule has 0 amide bonds. The molecule has 0 spiro atoms. The van der Waals surface area contributed by atoms with Crippen LogP contribution in [0.5, 0.6) is 0 Å². The second-order valence-electron chi connectivity index (χ2n) is 6.00. The molecule has 30 heavy (non-hydrogen) atoms. The van der Waals surface area contributed by atoms with Crippen LogP contribution in [-0.2, 0) is 0 Å². The number of para-hydroxylation sites is 1. The lowest BCUT2D eigenvalue weighted by molar-refractivity contribution is 1.20. The maximum atomic E-state index is 4.07. The fourth-order valence-electron chi connectivity index (χ4n) is 2.57. The van der Waals surface area contributed by atoms with Crippen LogP contribution < -0.4 is 0 Å². The molecule has 6 rings (SSSR count). The Morgan fingerprint density at radius 2 is 0.933 bits per heavy atom. The van der Waals surface area contributed by atoms with Gasteiger partial charge in [-0.05, 0) is 18.2 Å². The van der Waals surface area contributed by atoms with Gasteiger partial charge in [-0.2, -0.15) is 0 Å². The minimum Gasteiger partial charge on any atom is -0.264 e. The van der Waals surface area contributed by atoms with Crippen molar-refractivity contribution in [3.05, 3.63) is 98.8 Å². The highest BCUT2D eigenvalue weighted by Gasteiger charge is 1.90. The molecule has 0 aliphatic rings. The Bertz CT molecular complexity index is 1010. The third-order valence-corrected chi connectivity index (χ3v) is 4.03. The van der Waals surface area contributed by atoms with Crippen LogP contribution in [0.4, 0.5) is 0 Å². The number of fused-ring (bicyclic) bond motifs is 3. The van der Waals surface area contributed by atoms with E-state index in [1.165, 1.54) is 12.7 Å². The second-order valence-corrected chi connectivity index (χ2v) is 6.00. The molecule has 5 heterocycles. The maximum Gasteiger partial charge on any atom is 0.116 e. The minimum absolute atomic E-state index is 0.887. The van der Waals surface area contributed by atoms with Gasteiger partial charge in [0.1, 0.15) is 19.0 Å². The van der Waals surface area contributed by atoms with Crippen LogP contribution >= 0.6 is 0 Å². The number of hydrogen-bond donors (Lipinski definition) is 0. The summed E-state index contributed by atoms with van der Waals surface area (Å²) in [6.07, 6.45) is 16.8. The van der Waals surface area contributed by atoms with Gasteiger partial charge in [0, 0.05) is 53.3 Å². The van der Waals surface area contributed by atoms with Crippen LogP contribution in [0.3, 0.4) is 0 Å². The van der Waals surface area contributed by atoms with Gasteiger partial charge in [-0.3, -0.25) is 9.97 Å². The molecular formula is C22H16N8. The third kappa shape index (κ3) is 4.87. The summed E-state index contributed by atoms with van der Waals surface area (Å²) in [7, 11) is 0. The normalized spacial score (nSPS) is 10.0. The lowest BCUT2D eigenvalue weighted by Gasteiger charge is -1.90. The van der Waals surface area contributed by atoms with Crippen LogP contribution in [0.1, 0.15) is 0 Å². The van der Waals surface area contributed by atoms with Crippen LogP contribution in [-0.4, -0.2) is 39.9 Å². The van der Waals surface area contributed by atoms with Crippen LogP contribution in [0.25, 0.3) is 32.7 Å². The fourth-order valence-corrected chi connectivity index (χ4v) is 2.57. The largest absolute Gasteiger partial charge is 0.264 e. The number of benzene rings is 1. The van der Waals surface area contributed by atoms with E-state index in [1.807, 2.05) is 42.6 Å². The van der Waals surface area contributed by atoms with Gasteiger partial charge in [-0.25, -0.2) is 29.9 Å². The van der Waals surface area contributed by atoms with Gasteiger partial charge in [0.2, 0.25) is 0 Å². The molecule has 5 aromatic heterocycles. The molecule has 0 atom stereocenters. The van der Waals surface area contributed by atoms with Gasteiger partial charge in [-0.15, -0.1) is 0 Å². The predicted molar refractivity (Wildman–Crippen MR) is 114 cm³/mol. The minimum atomic E-state index is 0.887. The Balaban J connectivity index is 0.000000109. The molecule has 1 aromatic carbocycles. The molecule has 0 aliphatic carbocycles. The average Bonchev–Trinajstić information content (AvgIpc) is 2.85. The first-order valence-corrected chi connectivity index (χ1v) is 9.04.